The Hall–Kier alpha value is -0.920. The van der Waals surface area contributed by atoms with Gasteiger partial charge in [0.05, 0.1) is 5.82 Å². The molecule has 0 aliphatic carbocycles. The SMILES string of the molecule is CC.CC.CC/C(C)=C(\CC)C(C)=C(N)N. The van der Waals surface area contributed by atoms with E-state index < -0.39 is 0 Å². The molecule has 0 bridgehead atoms. The van der Waals surface area contributed by atoms with E-state index in [1.807, 2.05) is 34.6 Å². The van der Waals surface area contributed by atoms with E-state index in [1.54, 1.807) is 0 Å². The summed E-state index contributed by atoms with van der Waals surface area (Å²) in [6.07, 6.45) is 2.07. The maximum Gasteiger partial charge on any atom is 0.0966 e. The average Bonchev–Trinajstić information content (AvgIpc) is 2.34. The number of nitrogens with two attached hydrogens (primary N) is 2. The lowest BCUT2D eigenvalue weighted by Gasteiger charge is -2.10. The van der Waals surface area contributed by atoms with Gasteiger partial charge in [0.1, 0.15) is 0 Å². The topological polar surface area (TPSA) is 52.0 Å². The van der Waals surface area contributed by atoms with Gasteiger partial charge in [-0.15, -0.1) is 0 Å². The molecule has 0 aromatic carbocycles. The largest absolute Gasteiger partial charge is 0.385 e. The molecule has 0 fully saturated rings. The first-order valence-corrected chi connectivity index (χ1v) is 6.45. The average molecular weight is 228 g/mol. The van der Waals surface area contributed by atoms with Crippen LogP contribution in [0.15, 0.2) is 22.5 Å². The van der Waals surface area contributed by atoms with Gasteiger partial charge in [-0.1, -0.05) is 47.1 Å². The molecule has 2 heteroatoms. The van der Waals surface area contributed by atoms with Crippen molar-refractivity contribution in [3.05, 3.63) is 22.5 Å². The molecular weight excluding hydrogens is 196 g/mol. The molecule has 0 heterocycles. The molecule has 0 unspecified atom stereocenters. The number of rotatable bonds is 3. The highest BCUT2D eigenvalue weighted by molar-refractivity contribution is 5.34. The molecule has 0 aromatic heterocycles. The van der Waals surface area contributed by atoms with Gasteiger partial charge in [-0.25, -0.2) is 0 Å². The van der Waals surface area contributed by atoms with Crippen molar-refractivity contribution in [2.45, 2.75) is 68.2 Å². The van der Waals surface area contributed by atoms with E-state index >= 15 is 0 Å². The minimum Gasteiger partial charge on any atom is -0.385 e. The molecule has 0 radical (unpaired) electrons. The highest BCUT2D eigenvalue weighted by Gasteiger charge is 2.03. The standard InChI is InChI=1S/C10H20N2.2C2H6/c1-5-7(3)9(6-2)8(4)10(11)12;2*1-2/h5-6,11-12H2,1-4H3;2*1-2H3/b9-7+;;. The zero-order chi connectivity index (χ0) is 13.7. The van der Waals surface area contributed by atoms with Crippen molar-refractivity contribution in [2.75, 3.05) is 0 Å². The van der Waals surface area contributed by atoms with Crippen LogP contribution in [-0.2, 0) is 0 Å². The smallest absolute Gasteiger partial charge is 0.0966 e. The van der Waals surface area contributed by atoms with Gasteiger partial charge >= 0.3 is 0 Å². The third kappa shape index (κ3) is 8.39. The summed E-state index contributed by atoms with van der Waals surface area (Å²) in [5.74, 6) is 0.444. The van der Waals surface area contributed by atoms with Crippen LogP contribution >= 0.6 is 0 Å². The Bertz CT molecular complexity index is 209. The Labute approximate surface area is 103 Å². The van der Waals surface area contributed by atoms with Gasteiger partial charge in [0.15, 0.2) is 0 Å². The van der Waals surface area contributed by atoms with Crippen LogP contribution < -0.4 is 11.5 Å². The molecule has 0 rings (SSSR count). The van der Waals surface area contributed by atoms with Crippen molar-refractivity contribution >= 4 is 0 Å². The van der Waals surface area contributed by atoms with Crippen LogP contribution in [0.1, 0.15) is 68.2 Å². The van der Waals surface area contributed by atoms with Crippen molar-refractivity contribution in [1.29, 1.82) is 0 Å². The molecule has 0 aliphatic heterocycles. The van der Waals surface area contributed by atoms with E-state index in [0.717, 1.165) is 18.4 Å². The summed E-state index contributed by atoms with van der Waals surface area (Å²) in [6, 6.07) is 0. The van der Waals surface area contributed by atoms with Gasteiger partial charge < -0.3 is 11.5 Å². The summed E-state index contributed by atoms with van der Waals surface area (Å²) in [7, 11) is 0. The predicted molar refractivity (Wildman–Crippen MR) is 77.1 cm³/mol. The lowest BCUT2D eigenvalue weighted by Crippen LogP contribution is -2.12. The molecule has 0 aromatic rings. The maximum atomic E-state index is 5.53. The minimum absolute atomic E-state index is 0.444. The van der Waals surface area contributed by atoms with Crippen LogP contribution in [0.5, 0.6) is 0 Å². The van der Waals surface area contributed by atoms with Gasteiger partial charge in [-0.2, -0.15) is 0 Å². The van der Waals surface area contributed by atoms with Crippen molar-refractivity contribution in [2.24, 2.45) is 11.5 Å². The van der Waals surface area contributed by atoms with Crippen LogP contribution in [-0.4, -0.2) is 0 Å². The quantitative estimate of drug-likeness (QED) is 0.707. The molecule has 4 N–H and O–H groups in total. The molecule has 0 aliphatic rings. The summed E-state index contributed by atoms with van der Waals surface area (Å²) in [6.45, 7) is 16.4. The van der Waals surface area contributed by atoms with Crippen molar-refractivity contribution in [1.82, 2.24) is 0 Å². The molecular formula is C14H32N2. The fourth-order valence-corrected chi connectivity index (χ4v) is 1.27. The van der Waals surface area contributed by atoms with Crippen LogP contribution in [0, 0.1) is 0 Å². The molecule has 0 amide bonds. The third-order valence-electron chi connectivity index (χ3n) is 2.28. The monoisotopic (exact) mass is 228 g/mol. The molecule has 2 nitrogen and oxygen atoms in total. The van der Waals surface area contributed by atoms with Crippen molar-refractivity contribution in [3.63, 3.8) is 0 Å². The Kier molecular flexibility index (Phi) is 18.0. The summed E-state index contributed by atoms with van der Waals surface area (Å²) in [4.78, 5) is 0. The second-order valence-electron chi connectivity index (χ2n) is 3.05. The molecule has 0 spiro atoms. The number of hydrogen-bond acceptors (Lipinski definition) is 2. The zero-order valence-electron chi connectivity index (χ0n) is 12.6. The molecule has 0 saturated heterocycles. The van der Waals surface area contributed by atoms with E-state index in [2.05, 4.69) is 20.8 Å². The van der Waals surface area contributed by atoms with Crippen LogP contribution in [0.4, 0.5) is 0 Å². The van der Waals surface area contributed by atoms with Gasteiger partial charge in [-0.05, 0) is 37.8 Å². The highest BCUT2D eigenvalue weighted by Crippen LogP contribution is 2.20. The lowest BCUT2D eigenvalue weighted by atomic mass is 9.98. The fourth-order valence-electron chi connectivity index (χ4n) is 1.27. The van der Waals surface area contributed by atoms with Crippen LogP contribution in [0.2, 0.25) is 0 Å². The lowest BCUT2D eigenvalue weighted by molar-refractivity contribution is 0.975. The third-order valence-corrected chi connectivity index (χ3v) is 2.28. The van der Waals surface area contributed by atoms with E-state index in [-0.39, 0.29) is 0 Å². The Morgan fingerprint density at radius 3 is 1.38 bits per heavy atom. The first kappa shape index (κ1) is 20.5. The Balaban J connectivity index is -0.000000376. The van der Waals surface area contributed by atoms with Crippen molar-refractivity contribution in [3.8, 4) is 0 Å². The summed E-state index contributed by atoms with van der Waals surface area (Å²) < 4.78 is 0. The fraction of sp³-hybridized carbons (Fsp3) is 0.714. The number of allylic oxidation sites excluding steroid dienone is 3. The maximum absolute atomic E-state index is 5.53. The second-order valence-corrected chi connectivity index (χ2v) is 3.05. The van der Waals surface area contributed by atoms with Crippen molar-refractivity contribution < 1.29 is 0 Å². The van der Waals surface area contributed by atoms with E-state index in [9.17, 15) is 0 Å². The summed E-state index contributed by atoms with van der Waals surface area (Å²) in [5.41, 5.74) is 14.8. The van der Waals surface area contributed by atoms with E-state index in [0.29, 0.717) is 5.82 Å². The normalized spacial score (nSPS) is 10.0. The van der Waals surface area contributed by atoms with E-state index in [1.165, 1.54) is 11.1 Å². The van der Waals surface area contributed by atoms with Crippen LogP contribution in [0.3, 0.4) is 0 Å². The molecule has 0 atom stereocenters. The first-order chi connectivity index (χ1) is 7.54. The molecule has 0 saturated carbocycles. The van der Waals surface area contributed by atoms with Gasteiger partial charge in [0, 0.05) is 0 Å². The summed E-state index contributed by atoms with van der Waals surface area (Å²) >= 11 is 0. The molecule has 16 heavy (non-hydrogen) atoms. The van der Waals surface area contributed by atoms with Gasteiger partial charge in [-0.3, -0.25) is 0 Å². The first-order valence-electron chi connectivity index (χ1n) is 6.45. The Morgan fingerprint density at radius 1 is 0.812 bits per heavy atom. The second kappa shape index (κ2) is 14.1. The van der Waals surface area contributed by atoms with E-state index in [4.69, 9.17) is 11.5 Å². The number of hydrogen-bond donors (Lipinski definition) is 2. The molecule has 98 valence electrons. The van der Waals surface area contributed by atoms with Crippen LogP contribution in [0.25, 0.3) is 0 Å². The zero-order valence-corrected chi connectivity index (χ0v) is 12.6. The summed E-state index contributed by atoms with van der Waals surface area (Å²) in [5, 5.41) is 0. The Morgan fingerprint density at radius 2 is 1.19 bits per heavy atom. The minimum atomic E-state index is 0.444. The predicted octanol–water partition coefficient (Wildman–Crippen LogP) is 4.32. The van der Waals surface area contributed by atoms with Gasteiger partial charge in [0.25, 0.3) is 0 Å². The van der Waals surface area contributed by atoms with Gasteiger partial charge in [0.2, 0.25) is 0 Å². The highest BCUT2D eigenvalue weighted by atomic mass is 14.8.